The molecule has 2 aromatic carbocycles. The molecule has 6 nitrogen and oxygen atoms in total. The average molecular weight is 456 g/mol. The molecule has 1 fully saturated rings. The van der Waals surface area contributed by atoms with E-state index < -0.39 is 0 Å². The molecule has 0 bridgehead atoms. The molecule has 3 aromatic rings. The third kappa shape index (κ3) is 5.67. The van der Waals surface area contributed by atoms with Gasteiger partial charge in [0.05, 0.1) is 11.8 Å². The maximum Gasteiger partial charge on any atom is 0.237 e. The number of halogens is 1. The van der Waals surface area contributed by atoms with Crippen LogP contribution in [-0.2, 0) is 11.3 Å². The maximum absolute atomic E-state index is 12.8. The summed E-state index contributed by atoms with van der Waals surface area (Å²) in [6.07, 6.45) is 3.74. The van der Waals surface area contributed by atoms with Crippen molar-refractivity contribution in [2.45, 2.75) is 43.1 Å². The summed E-state index contributed by atoms with van der Waals surface area (Å²) in [5, 5.41) is 12.8. The summed E-state index contributed by atoms with van der Waals surface area (Å²) in [4.78, 5) is 15.2. The number of likely N-dealkylation sites (tertiary alicyclic amines) is 1. The lowest BCUT2D eigenvalue weighted by Gasteiger charge is -2.26. The minimum atomic E-state index is -0.353. The molecule has 1 aliphatic heterocycles. The van der Waals surface area contributed by atoms with E-state index in [1.807, 2.05) is 49.4 Å². The van der Waals surface area contributed by atoms with E-state index in [4.69, 9.17) is 11.6 Å². The van der Waals surface area contributed by atoms with Crippen LogP contribution >= 0.6 is 23.4 Å². The standard InChI is InChI=1S/C23H26ClN5OS/c1-17(22(30)25-19-10-8-9-18(24)15-19)31-23-27-26-21(16-28-13-6-3-7-14-28)29(23)20-11-4-2-5-12-20/h2,4-5,8-12,15,17H,3,6-7,13-14,16H2,1H3,(H,25,30). The Kier molecular flexibility index (Phi) is 7.27. The van der Waals surface area contributed by atoms with Gasteiger partial charge in [-0.2, -0.15) is 0 Å². The van der Waals surface area contributed by atoms with E-state index in [2.05, 4.69) is 25.0 Å². The minimum Gasteiger partial charge on any atom is -0.325 e. The van der Waals surface area contributed by atoms with Crippen LogP contribution in [0.2, 0.25) is 5.02 Å². The number of nitrogens with zero attached hydrogens (tertiary/aromatic N) is 4. The van der Waals surface area contributed by atoms with Crippen LogP contribution in [0.1, 0.15) is 32.0 Å². The average Bonchev–Trinajstić information content (AvgIpc) is 3.17. The van der Waals surface area contributed by atoms with Crippen molar-refractivity contribution < 1.29 is 4.79 Å². The van der Waals surface area contributed by atoms with E-state index >= 15 is 0 Å². The Hall–Kier alpha value is -2.35. The number of hydrogen-bond acceptors (Lipinski definition) is 5. The number of aromatic nitrogens is 3. The molecule has 31 heavy (non-hydrogen) atoms. The van der Waals surface area contributed by atoms with Crippen LogP contribution < -0.4 is 5.32 Å². The van der Waals surface area contributed by atoms with Crippen LogP contribution in [-0.4, -0.2) is 43.9 Å². The van der Waals surface area contributed by atoms with Crippen LogP contribution in [0.3, 0.4) is 0 Å². The van der Waals surface area contributed by atoms with Crippen molar-refractivity contribution in [2.75, 3.05) is 18.4 Å². The normalized spacial score (nSPS) is 15.5. The second-order valence-electron chi connectivity index (χ2n) is 7.67. The first-order chi connectivity index (χ1) is 15.1. The monoisotopic (exact) mass is 455 g/mol. The summed E-state index contributed by atoms with van der Waals surface area (Å²) >= 11 is 7.43. The number of anilines is 1. The van der Waals surface area contributed by atoms with Gasteiger partial charge in [0, 0.05) is 16.4 Å². The van der Waals surface area contributed by atoms with Crippen molar-refractivity contribution in [1.29, 1.82) is 0 Å². The molecular weight excluding hydrogens is 430 g/mol. The van der Waals surface area contributed by atoms with Gasteiger partial charge in [-0.3, -0.25) is 14.3 Å². The van der Waals surface area contributed by atoms with Crippen molar-refractivity contribution in [2.24, 2.45) is 0 Å². The van der Waals surface area contributed by atoms with E-state index in [1.54, 1.807) is 12.1 Å². The third-order valence-corrected chi connectivity index (χ3v) is 6.55. The highest BCUT2D eigenvalue weighted by Crippen LogP contribution is 2.27. The van der Waals surface area contributed by atoms with Gasteiger partial charge in [0.1, 0.15) is 0 Å². The summed E-state index contributed by atoms with van der Waals surface area (Å²) in [5.41, 5.74) is 1.68. The number of hydrogen-bond donors (Lipinski definition) is 1. The summed E-state index contributed by atoms with van der Waals surface area (Å²) in [6.45, 7) is 4.80. The van der Waals surface area contributed by atoms with E-state index in [-0.39, 0.29) is 11.2 Å². The molecule has 162 valence electrons. The fraction of sp³-hybridized carbons (Fsp3) is 0.348. The molecule has 0 aliphatic carbocycles. The van der Waals surface area contributed by atoms with Crippen molar-refractivity contribution in [1.82, 2.24) is 19.7 Å². The molecule has 2 heterocycles. The molecular formula is C23H26ClN5OS. The Labute approximate surface area is 192 Å². The zero-order valence-electron chi connectivity index (χ0n) is 17.5. The molecule has 1 saturated heterocycles. The fourth-order valence-electron chi connectivity index (χ4n) is 3.65. The van der Waals surface area contributed by atoms with Crippen LogP contribution in [0.25, 0.3) is 5.69 Å². The summed E-state index contributed by atoms with van der Waals surface area (Å²) in [6, 6.07) is 17.2. The summed E-state index contributed by atoms with van der Waals surface area (Å²) in [7, 11) is 0. The number of piperidine rings is 1. The van der Waals surface area contributed by atoms with Crippen molar-refractivity contribution in [3.05, 3.63) is 65.4 Å². The highest BCUT2D eigenvalue weighted by atomic mass is 35.5. The van der Waals surface area contributed by atoms with E-state index in [0.717, 1.165) is 31.1 Å². The molecule has 1 aliphatic rings. The van der Waals surface area contributed by atoms with Crippen molar-refractivity contribution >= 4 is 35.0 Å². The van der Waals surface area contributed by atoms with Crippen LogP contribution in [0.15, 0.2) is 59.8 Å². The van der Waals surface area contributed by atoms with Gasteiger partial charge in [-0.05, 0) is 63.2 Å². The topological polar surface area (TPSA) is 63.1 Å². The SMILES string of the molecule is CC(Sc1nnc(CN2CCCCC2)n1-c1ccccc1)C(=O)Nc1cccc(Cl)c1. The van der Waals surface area contributed by atoms with Crippen LogP contribution in [0, 0.1) is 0 Å². The Morgan fingerprint density at radius 2 is 1.87 bits per heavy atom. The van der Waals surface area contributed by atoms with E-state index in [1.165, 1.54) is 31.0 Å². The number of carbonyl (C=O) groups excluding carboxylic acids is 1. The smallest absolute Gasteiger partial charge is 0.237 e. The van der Waals surface area contributed by atoms with Gasteiger partial charge >= 0.3 is 0 Å². The summed E-state index contributed by atoms with van der Waals surface area (Å²) < 4.78 is 2.07. The van der Waals surface area contributed by atoms with Gasteiger partial charge in [0.15, 0.2) is 11.0 Å². The quantitative estimate of drug-likeness (QED) is 0.506. The lowest BCUT2D eigenvalue weighted by molar-refractivity contribution is -0.115. The molecule has 0 saturated carbocycles. The molecule has 4 rings (SSSR count). The zero-order chi connectivity index (χ0) is 21.6. The van der Waals surface area contributed by atoms with Gasteiger partial charge in [-0.15, -0.1) is 10.2 Å². The van der Waals surface area contributed by atoms with Gasteiger partial charge in [-0.1, -0.05) is 54.0 Å². The van der Waals surface area contributed by atoms with Gasteiger partial charge < -0.3 is 5.32 Å². The number of benzene rings is 2. The second kappa shape index (κ2) is 10.3. The number of rotatable bonds is 7. The predicted octanol–water partition coefficient (Wildman–Crippen LogP) is 5.03. The molecule has 1 aromatic heterocycles. The fourth-order valence-corrected chi connectivity index (χ4v) is 4.73. The zero-order valence-corrected chi connectivity index (χ0v) is 19.1. The summed E-state index contributed by atoms with van der Waals surface area (Å²) in [5.74, 6) is 0.797. The molecule has 1 N–H and O–H groups in total. The van der Waals surface area contributed by atoms with Gasteiger partial charge in [0.25, 0.3) is 0 Å². The van der Waals surface area contributed by atoms with Gasteiger partial charge in [0.2, 0.25) is 5.91 Å². The molecule has 0 radical (unpaired) electrons. The molecule has 8 heteroatoms. The van der Waals surface area contributed by atoms with E-state index in [9.17, 15) is 4.79 Å². The van der Waals surface area contributed by atoms with Crippen molar-refractivity contribution in [3.63, 3.8) is 0 Å². The van der Waals surface area contributed by atoms with Gasteiger partial charge in [-0.25, -0.2) is 0 Å². The number of carbonyl (C=O) groups is 1. The van der Waals surface area contributed by atoms with Crippen LogP contribution in [0.5, 0.6) is 0 Å². The Morgan fingerprint density at radius 3 is 2.61 bits per heavy atom. The number of para-hydroxylation sites is 1. The minimum absolute atomic E-state index is 0.104. The number of thioether (sulfide) groups is 1. The third-order valence-electron chi connectivity index (χ3n) is 5.27. The lowest BCUT2D eigenvalue weighted by Crippen LogP contribution is -2.30. The van der Waals surface area contributed by atoms with E-state index in [0.29, 0.717) is 15.9 Å². The molecule has 0 spiro atoms. The Morgan fingerprint density at radius 1 is 1.10 bits per heavy atom. The highest BCUT2D eigenvalue weighted by molar-refractivity contribution is 8.00. The molecule has 1 atom stereocenters. The lowest BCUT2D eigenvalue weighted by atomic mass is 10.1. The molecule has 1 amide bonds. The second-order valence-corrected chi connectivity index (χ2v) is 9.41. The Bertz CT molecular complexity index is 1020. The maximum atomic E-state index is 12.8. The first kappa shape index (κ1) is 21.9. The Balaban J connectivity index is 1.53. The number of amides is 1. The number of nitrogens with one attached hydrogen (secondary N) is 1. The molecule has 1 unspecified atom stereocenters. The largest absolute Gasteiger partial charge is 0.325 e. The predicted molar refractivity (Wildman–Crippen MR) is 126 cm³/mol. The first-order valence-electron chi connectivity index (χ1n) is 10.6. The van der Waals surface area contributed by atoms with Crippen LogP contribution in [0.4, 0.5) is 5.69 Å². The first-order valence-corrected chi connectivity index (χ1v) is 11.8. The van der Waals surface area contributed by atoms with Crippen molar-refractivity contribution in [3.8, 4) is 5.69 Å². The highest BCUT2D eigenvalue weighted by Gasteiger charge is 2.23.